The Labute approximate surface area is 131 Å². The Bertz CT molecular complexity index is 482. The highest BCUT2D eigenvalue weighted by Gasteiger charge is 2.20. The van der Waals surface area contributed by atoms with Crippen LogP contribution in [0.25, 0.3) is 0 Å². The molecule has 0 N–H and O–H groups in total. The van der Waals surface area contributed by atoms with Gasteiger partial charge in [-0.1, -0.05) is 38.3 Å². The number of esters is 2. The first-order chi connectivity index (χ1) is 10.5. The van der Waals surface area contributed by atoms with Crippen molar-refractivity contribution in [1.82, 2.24) is 0 Å². The maximum Gasteiger partial charge on any atom is 0.422 e. The minimum absolute atomic E-state index is 0.0645. The van der Waals surface area contributed by atoms with Crippen molar-refractivity contribution >= 4 is 11.9 Å². The number of ether oxygens (including phenoxy) is 3. The van der Waals surface area contributed by atoms with Crippen molar-refractivity contribution in [3.63, 3.8) is 0 Å². The van der Waals surface area contributed by atoms with Crippen molar-refractivity contribution in [2.24, 2.45) is 0 Å². The molecule has 122 valence electrons. The molecule has 0 aliphatic rings. The van der Waals surface area contributed by atoms with Crippen LogP contribution >= 0.6 is 0 Å². The molecule has 0 atom stereocenters. The van der Waals surface area contributed by atoms with Gasteiger partial charge in [0.05, 0.1) is 12.7 Å². The van der Waals surface area contributed by atoms with E-state index in [-0.39, 0.29) is 18.5 Å². The lowest BCUT2D eigenvalue weighted by Crippen LogP contribution is -2.23. The predicted octanol–water partition coefficient (Wildman–Crippen LogP) is 3.50. The zero-order chi connectivity index (χ0) is 16.4. The Kier molecular flexibility index (Phi) is 8.04. The predicted molar refractivity (Wildman–Crippen MR) is 82.9 cm³/mol. The number of unbranched alkanes of at least 4 members (excludes halogenated alkanes) is 3. The number of carbonyl (C=O) groups excluding carboxylic acids is 2. The summed E-state index contributed by atoms with van der Waals surface area (Å²) in [5.74, 6) is -1.38. The number of rotatable bonds is 8. The summed E-state index contributed by atoms with van der Waals surface area (Å²) in [5.41, 5.74) is 0. The molecule has 0 aliphatic heterocycles. The maximum atomic E-state index is 11.7. The summed E-state index contributed by atoms with van der Waals surface area (Å²) >= 11 is 0. The van der Waals surface area contributed by atoms with E-state index in [0.717, 1.165) is 25.7 Å². The van der Waals surface area contributed by atoms with Gasteiger partial charge < -0.3 is 14.2 Å². The molecule has 0 spiro atoms. The lowest BCUT2D eigenvalue weighted by Gasteiger charge is -2.13. The van der Waals surface area contributed by atoms with Gasteiger partial charge in [-0.15, -0.1) is 0 Å². The van der Waals surface area contributed by atoms with Gasteiger partial charge in [-0.2, -0.15) is 0 Å². The van der Waals surface area contributed by atoms with Crippen LogP contribution in [0.1, 0.15) is 46.5 Å². The van der Waals surface area contributed by atoms with Crippen molar-refractivity contribution in [3.8, 4) is 11.5 Å². The number of hydrogen-bond acceptors (Lipinski definition) is 5. The molecular weight excluding hydrogens is 284 g/mol. The number of para-hydroxylation sites is 2. The molecule has 0 saturated heterocycles. The van der Waals surface area contributed by atoms with E-state index in [1.54, 1.807) is 24.3 Å². The van der Waals surface area contributed by atoms with Crippen LogP contribution in [0.15, 0.2) is 24.3 Å². The lowest BCUT2D eigenvalue weighted by atomic mass is 10.2. The molecule has 1 aromatic rings. The van der Waals surface area contributed by atoms with Crippen molar-refractivity contribution in [2.75, 3.05) is 6.61 Å². The smallest absolute Gasteiger partial charge is 0.422 e. The van der Waals surface area contributed by atoms with E-state index in [2.05, 4.69) is 6.92 Å². The average molecular weight is 308 g/mol. The molecule has 5 heteroatoms. The van der Waals surface area contributed by atoms with Crippen LogP contribution in [-0.2, 0) is 14.3 Å². The zero-order valence-electron chi connectivity index (χ0n) is 13.5. The number of hydrogen-bond donors (Lipinski definition) is 0. The fraction of sp³-hybridized carbons (Fsp3) is 0.529. The quantitative estimate of drug-likeness (QED) is 0.318. The normalized spacial score (nSPS) is 10.4. The highest BCUT2D eigenvalue weighted by atomic mass is 16.6. The number of carbonyl (C=O) groups is 2. The summed E-state index contributed by atoms with van der Waals surface area (Å²) in [7, 11) is 0. The van der Waals surface area contributed by atoms with E-state index in [1.165, 1.54) is 0 Å². The van der Waals surface area contributed by atoms with E-state index in [9.17, 15) is 9.59 Å². The van der Waals surface area contributed by atoms with E-state index in [1.807, 2.05) is 13.8 Å². The third-order valence-electron chi connectivity index (χ3n) is 2.81. The highest BCUT2D eigenvalue weighted by Crippen LogP contribution is 2.27. The second-order valence-electron chi connectivity index (χ2n) is 5.20. The van der Waals surface area contributed by atoms with Gasteiger partial charge in [0.25, 0.3) is 0 Å². The maximum absolute atomic E-state index is 11.7. The molecule has 0 bridgehead atoms. The Hall–Kier alpha value is -2.04. The van der Waals surface area contributed by atoms with Crippen molar-refractivity contribution in [3.05, 3.63) is 24.3 Å². The van der Waals surface area contributed by atoms with E-state index in [0.29, 0.717) is 5.75 Å². The minimum Gasteiger partial charge on any atom is -0.487 e. The molecule has 0 aromatic heterocycles. The fourth-order valence-corrected chi connectivity index (χ4v) is 1.78. The zero-order valence-corrected chi connectivity index (χ0v) is 13.5. The standard InChI is InChI=1S/C17H24O5/c1-4-5-6-9-12-20-16(18)17(19)22-15-11-8-7-10-14(15)21-13(2)3/h7-8,10-11,13H,4-6,9,12H2,1-3H3. The third-order valence-corrected chi connectivity index (χ3v) is 2.81. The summed E-state index contributed by atoms with van der Waals surface area (Å²) in [6.07, 6.45) is 3.85. The highest BCUT2D eigenvalue weighted by molar-refractivity contribution is 6.30. The molecule has 0 saturated carbocycles. The Morgan fingerprint density at radius 1 is 1.00 bits per heavy atom. The molecule has 0 heterocycles. The monoisotopic (exact) mass is 308 g/mol. The van der Waals surface area contributed by atoms with Crippen LogP contribution in [-0.4, -0.2) is 24.6 Å². The first-order valence-corrected chi connectivity index (χ1v) is 7.69. The Balaban J connectivity index is 2.48. The first-order valence-electron chi connectivity index (χ1n) is 7.69. The van der Waals surface area contributed by atoms with Gasteiger partial charge >= 0.3 is 11.9 Å². The Morgan fingerprint density at radius 3 is 2.32 bits per heavy atom. The van der Waals surface area contributed by atoms with E-state index in [4.69, 9.17) is 14.2 Å². The molecule has 1 rings (SSSR count). The van der Waals surface area contributed by atoms with Crippen molar-refractivity contribution < 1.29 is 23.8 Å². The van der Waals surface area contributed by atoms with Gasteiger partial charge in [-0.3, -0.25) is 0 Å². The van der Waals surface area contributed by atoms with Gasteiger partial charge in [0, 0.05) is 0 Å². The van der Waals surface area contributed by atoms with E-state index < -0.39 is 11.9 Å². The molecule has 0 radical (unpaired) electrons. The van der Waals surface area contributed by atoms with Gasteiger partial charge in [-0.25, -0.2) is 9.59 Å². The van der Waals surface area contributed by atoms with E-state index >= 15 is 0 Å². The van der Waals surface area contributed by atoms with Crippen LogP contribution in [0, 0.1) is 0 Å². The lowest BCUT2D eigenvalue weighted by molar-refractivity contribution is -0.162. The van der Waals surface area contributed by atoms with Crippen molar-refractivity contribution in [1.29, 1.82) is 0 Å². The molecular formula is C17H24O5. The molecule has 5 nitrogen and oxygen atoms in total. The summed E-state index contributed by atoms with van der Waals surface area (Å²) in [5, 5.41) is 0. The van der Waals surface area contributed by atoms with Gasteiger partial charge in [0.1, 0.15) is 0 Å². The van der Waals surface area contributed by atoms with Crippen LogP contribution in [0.3, 0.4) is 0 Å². The summed E-state index contributed by atoms with van der Waals surface area (Å²) in [6, 6.07) is 6.72. The minimum atomic E-state index is -1.03. The van der Waals surface area contributed by atoms with Gasteiger partial charge in [0.2, 0.25) is 0 Å². The van der Waals surface area contributed by atoms with Gasteiger partial charge in [-0.05, 0) is 32.4 Å². The fourth-order valence-electron chi connectivity index (χ4n) is 1.78. The second kappa shape index (κ2) is 9.82. The van der Waals surface area contributed by atoms with Crippen LogP contribution in [0.4, 0.5) is 0 Å². The second-order valence-corrected chi connectivity index (χ2v) is 5.20. The molecule has 0 fully saturated rings. The molecule has 0 aliphatic carbocycles. The SMILES string of the molecule is CCCCCCOC(=O)C(=O)Oc1ccccc1OC(C)C. The van der Waals surface area contributed by atoms with Crippen molar-refractivity contribution in [2.45, 2.75) is 52.6 Å². The number of benzene rings is 1. The molecule has 1 aromatic carbocycles. The molecule has 0 amide bonds. The summed E-state index contributed by atoms with van der Waals surface area (Å²) in [4.78, 5) is 23.3. The molecule has 22 heavy (non-hydrogen) atoms. The van der Waals surface area contributed by atoms with Crippen LogP contribution in [0.2, 0.25) is 0 Å². The topological polar surface area (TPSA) is 61.8 Å². The van der Waals surface area contributed by atoms with Gasteiger partial charge in [0.15, 0.2) is 11.5 Å². The Morgan fingerprint density at radius 2 is 1.68 bits per heavy atom. The molecule has 0 unspecified atom stereocenters. The first kappa shape index (κ1) is 18.0. The largest absolute Gasteiger partial charge is 0.487 e. The van der Waals surface area contributed by atoms with Crippen LogP contribution in [0.5, 0.6) is 11.5 Å². The average Bonchev–Trinajstić information content (AvgIpc) is 2.48. The third kappa shape index (κ3) is 6.61. The summed E-state index contributed by atoms with van der Waals surface area (Å²) < 4.78 is 15.5. The summed E-state index contributed by atoms with van der Waals surface area (Å²) in [6.45, 7) is 6.06. The van der Waals surface area contributed by atoms with Crippen LogP contribution < -0.4 is 9.47 Å².